The van der Waals surface area contributed by atoms with Crippen LogP contribution in [-0.2, 0) is 0 Å². The van der Waals surface area contributed by atoms with Gasteiger partial charge in [0.25, 0.3) is 0 Å². The standard InChI is InChI=1S/C9H5ClINO/c10-9-5(4-13)8-6(11)2-1-3-7(8)12-9/h1-4,12H. The zero-order chi connectivity index (χ0) is 9.42. The number of hydrogen-bond acceptors (Lipinski definition) is 1. The number of carbonyl (C=O) groups is 1. The maximum atomic E-state index is 10.7. The van der Waals surface area contributed by atoms with Crippen LogP contribution in [0, 0.1) is 3.57 Å². The molecule has 0 aliphatic rings. The summed E-state index contributed by atoms with van der Waals surface area (Å²) >= 11 is 8.03. The lowest BCUT2D eigenvalue weighted by atomic mass is 10.2. The summed E-state index contributed by atoms with van der Waals surface area (Å²) in [6.45, 7) is 0. The number of aromatic nitrogens is 1. The van der Waals surface area contributed by atoms with Crippen LogP contribution in [-0.4, -0.2) is 11.3 Å². The fourth-order valence-corrected chi connectivity index (χ4v) is 2.34. The molecule has 0 saturated carbocycles. The monoisotopic (exact) mass is 305 g/mol. The minimum Gasteiger partial charge on any atom is -0.345 e. The van der Waals surface area contributed by atoms with Crippen molar-refractivity contribution in [2.45, 2.75) is 0 Å². The molecule has 0 unspecified atom stereocenters. The Labute approximate surface area is 93.4 Å². The van der Waals surface area contributed by atoms with Crippen molar-refractivity contribution in [3.8, 4) is 0 Å². The Morgan fingerprint density at radius 3 is 2.92 bits per heavy atom. The number of carbonyl (C=O) groups excluding carboxylic acids is 1. The summed E-state index contributed by atoms with van der Waals surface area (Å²) < 4.78 is 1.03. The number of aldehydes is 1. The number of nitrogens with one attached hydrogen (secondary N) is 1. The van der Waals surface area contributed by atoms with E-state index < -0.39 is 0 Å². The van der Waals surface area contributed by atoms with E-state index in [1.165, 1.54) is 0 Å². The lowest BCUT2D eigenvalue weighted by Crippen LogP contribution is -1.79. The maximum absolute atomic E-state index is 10.7. The van der Waals surface area contributed by atoms with Gasteiger partial charge in [-0.2, -0.15) is 0 Å². The lowest BCUT2D eigenvalue weighted by molar-refractivity contribution is 0.112. The van der Waals surface area contributed by atoms with Gasteiger partial charge < -0.3 is 4.98 Å². The van der Waals surface area contributed by atoms with Gasteiger partial charge in [0.05, 0.1) is 5.56 Å². The molecule has 1 aromatic carbocycles. The van der Waals surface area contributed by atoms with Crippen molar-refractivity contribution in [3.63, 3.8) is 0 Å². The highest BCUT2D eigenvalue weighted by Crippen LogP contribution is 2.28. The molecule has 0 atom stereocenters. The molecule has 1 heterocycles. The second-order valence-corrected chi connectivity index (χ2v) is 4.17. The van der Waals surface area contributed by atoms with Crippen LogP contribution in [0.5, 0.6) is 0 Å². The van der Waals surface area contributed by atoms with Gasteiger partial charge >= 0.3 is 0 Å². The van der Waals surface area contributed by atoms with Crippen molar-refractivity contribution in [2.75, 3.05) is 0 Å². The van der Waals surface area contributed by atoms with Crippen LogP contribution < -0.4 is 0 Å². The molecule has 4 heteroatoms. The van der Waals surface area contributed by atoms with E-state index in [9.17, 15) is 4.79 Å². The molecule has 1 aromatic heterocycles. The van der Waals surface area contributed by atoms with E-state index in [1.54, 1.807) is 0 Å². The Morgan fingerprint density at radius 2 is 2.23 bits per heavy atom. The average Bonchev–Trinajstić information content (AvgIpc) is 2.42. The molecule has 66 valence electrons. The SMILES string of the molecule is O=Cc1c(Cl)[nH]c2cccc(I)c12. The topological polar surface area (TPSA) is 32.9 Å². The predicted molar refractivity (Wildman–Crippen MR) is 61.4 cm³/mol. The summed E-state index contributed by atoms with van der Waals surface area (Å²) in [5.74, 6) is 0. The summed E-state index contributed by atoms with van der Waals surface area (Å²) in [5, 5.41) is 1.32. The third-order valence-electron chi connectivity index (χ3n) is 1.88. The lowest BCUT2D eigenvalue weighted by Gasteiger charge is -1.93. The second kappa shape index (κ2) is 3.31. The number of benzene rings is 1. The average molecular weight is 306 g/mol. The fraction of sp³-hybridized carbons (Fsp3) is 0. The van der Waals surface area contributed by atoms with E-state index in [4.69, 9.17) is 11.6 Å². The number of hydrogen-bond donors (Lipinski definition) is 1. The van der Waals surface area contributed by atoms with Gasteiger partial charge in [-0.25, -0.2) is 0 Å². The number of halogens is 2. The number of rotatable bonds is 1. The third-order valence-corrected chi connectivity index (χ3v) is 3.08. The van der Waals surface area contributed by atoms with Crippen LogP contribution >= 0.6 is 34.2 Å². The highest BCUT2D eigenvalue weighted by Gasteiger charge is 2.10. The normalized spacial score (nSPS) is 10.6. The summed E-state index contributed by atoms with van der Waals surface area (Å²) in [5.41, 5.74) is 1.45. The zero-order valence-electron chi connectivity index (χ0n) is 6.47. The van der Waals surface area contributed by atoms with Gasteiger partial charge in [-0.3, -0.25) is 4.79 Å². The molecule has 1 N–H and O–H groups in total. The fourth-order valence-electron chi connectivity index (χ4n) is 1.31. The number of fused-ring (bicyclic) bond motifs is 1. The van der Waals surface area contributed by atoms with Gasteiger partial charge in [0, 0.05) is 14.5 Å². The first kappa shape index (κ1) is 9.02. The predicted octanol–water partition coefficient (Wildman–Crippen LogP) is 3.24. The van der Waals surface area contributed by atoms with E-state index in [1.807, 2.05) is 18.2 Å². The van der Waals surface area contributed by atoms with E-state index >= 15 is 0 Å². The maximum Gasteiger partial charge on any atom is 0.153 e. The Kier molecular flexibility index (Phi) is 2.29. The highest BCUT2D eigenvalue weighted by molar-refractivity contribution is 14.1. The van der Waals surface area contributed by atoms with Gasteiger partial charge in [-0.15, -0.1) is 0 Å². The summed E-state index contributed by atoms with van der Waals surface area (Å²) in [4.78, 5) is 13.7. The summed E-state index contributed by atoms with van der Waals surface area (Å²) in [7, 11) is 0. The first-order chi connectivity index (χ1) is 6.24. The van der Waals surface area contributed by atoms with Crippen LogP contribution in [0.4, 0.5) is 0 Å². The molecule has 2 aromatic rings. The molecule has 2 rings (SSSR count). The molecule has 0 saturated heterocycles. The first-order valence-electron chi connectivity index (χ1n) is 3.65. The Hall–Kier alpha value is -0.550. The van der Waals surface area contributed by atoms with E-state index in [-0.39, 0.29) is 0 Å². The molecule has 0 aliphatic carbocycles. The molecule has 13 heavy (non-hydrogen) atoms. The smallest absolute Gasteiger partial charge is 0.153 e. The van der Waals surface area contributed by atoms with Crippen molar-refractivity contribution in [2.24, 2.45) is 0 Å². The highest BCUT2D eigenvalue weighted by atomic mass is 127. The van der Waals surface area contributed by atoms with Crippen molar-refractivity contribution in [1.82, 2.24) is 4.98 Å². The summed E-state index contributed by atoms with van der Waals surface area (Å²) in [6.07, 6.45) is 0.781. The molecule has 0 aliphatic heterocycles. The molecule has 0 fully saturated rings. The second-order valence-electron chi connectivity index (χ2n) is 2.63. The van der Waals surface area contributed by atoms with E-state index in [0.717, 1.165) is 20.8 Å². The van der Waals surface area contributed by atoms with E-state index in [0.29, 0.717) is 10.7 Å². The number of aromatic amines is 1. The quantitative estimate of drug-likeness (QED) is 0.637. The molecular formula is C9H5ClINO. The minimum absolute atomic E-state index is 0.411. The van der Waals surface area contributed by atoms with Crippen molar-refractivity contribution >= 4 is 51.4 Å². The molecule has 0 spiro atoms. The van der Waals surface area contributed by atoms with Gasteiger partial charge in [0.15, 0.2) is 6.29 Å². The molecular weight excluding hydrogens is 300 g/mol. The minimum atomic E-state index is 0.411. The van der Waals surface area contributed by atoms with Crippen LogP contribution in [0.15, 0.2) is 18.2 Å². The summed E-state index contributed by atoms with van der Waals surface area (Å²) in [6, 6.07) is 5.77. The Balaban J connectivity index is 2.96. The molecule has 0 bridgehead atoms. The largest absolute Gasteiger partial charge is 0.345 e. The van der Waals surface area contributed by atoms with Crippen LogP contribution in [0.2, 0.25) is 5.15 Å². The van der Waals surface area contributed by atoms with Crippen molar-refractivity contribution in [1.29, 1.82) is 0 Å². The Morgan fingerprint density at radius 1 is 1.46 bits per heavy atom. The van der Waals surface area contributed by atoms with Gasteiger partial charge in [-0.05, 0) is 34.7 Å². The molecule has 0 amide bonds. The molecule has 0 radical (unpaired) electrons. The van der Waals surface area contributed by atoms with Gasteiger partial charge in [-0.1, -0.05) is 17.7 Å². The number of H-pyrrole nitrogens is 1. The first-order valence-corrected chi connectivity index (χ1v) is 5.10. The van der Waals surface area contributed by atoms with Crippen LogP contribution in [0.3, 0.4) is 0 Å². The van der Waals surface area contributed by atoms with Crippen molar-refractivity contribution < 1.29 is 4.79 Å². The zero-order valence-corrected chi connectivity index (χ0v) is 9.39. The van der Waals surface area contributed by atoms with Gasteiger partial charge in [0.1, 0.15) is 5.15 Å². The van der Waals surface area contributed by atoms with Crippen LogP contribution in [0.25, 0.3) is 10.9 Å². The van der Waals surface area contributed by atoms with Crippen molar-refractivity contribution in [3.05, 3.63) is 32.5 Å². The third kappa shape index (κ3) is 1.36. The Bertz CT molecular complexity index is 478. The van der Waals surface area contributed by atoms with Crippen LogP contribution in [0.1, 0.15) is 10.4 Å². The van der Waals surface area contributed by atoms with Gasteiger partial charge in [0.2, 0.25) is 0 Å². The van der Waals surface area contributed by atoms with E-state index in [2.05, 4.69) is 27.6 Å². The molecule has 2 nitrogen and oxygen atoms in total.